The van der Waals surface area contributed by atoms with Crippen LogP contribution in [0.1, 0.15) is 29.1 Å². The van der Waals surface area contributed by atoms with Gasteiger partial charge in [0.2, 0.25) is 5.88 Å². The van der Waals surface area contributed by atoms with Gasteiger partial charge in [0.05, 0.1) is 25.3 Å². The van der Waals surface area contributed by atoms with Crippen LogP contribution in [0.3, 0.4) is 0 Å². The van der Waals surface area contributed by atoms with E-state index in [1.54, 1.807) is 25.6 Å². The Balaban J connectivity index is 2.02. The Bertz CT molecular complexity index is 611. The van der Waals surface area contributed by atoms with E-state index >= 15 is 0 Å². The minimum atomic E-state index is -0.283. The highest BCUT2D eigenvalue weighted by Gasteiger charge is 2.16. The molecule has 2 rings (SSSR count). The maximum Gasteiger partial charge on any atom is 0.253 e. The summed E-state index contributed by atoms with van der Waals surface area (Å²) in [6.45, 7) is 3.03. The minimum absolute atomic E-state index is 0.232. The molecular formula is C14H19N5O3. The molecule has 22 heavy (non-hydrogen) atoms. The molecule has 0 saturated heterocycles. The van der Waals surface area contributed by atoms with Crippen LogP contribution in [0.5, 0.6) is 5.88 Å². The molecular weight excluding hydrogens is 286 g/mol. The molecule has 0 aliphatic carbocycles. The number of amides is 1. The van der Waals surface area contributed by atoms with Crippen molar-refractivity contribution in [2.45, 2.75) is 19.5 Å². The third kappa shape index (κ3) is 3.79. The lowest BCUT2D eigenvalue weighted by molar-refractivity contribution is 0.0936. The molecule has 0 aliphatic heterocycles. The van der Waals surface area contributed by atoms with Crippen molar-refractivity contribution in [3.8, 4) is 5.88 Å². The van der Waals surface area contributed by atoms with Gasteiger partial charge in [0.1, 0.15) is 6.33 Å². The lowest BCUT2D eigenvalue weighted by atomic mass is 10.2. The molecule has 0 fully saturated rings. The summed E-state index contributed by atoms with van der Waals surface area (Å²) < 4.78 is 11.9. The molecule has 0 unspecified atom stereocenters. The summed E-state index contributed by atoms with van der Waals surface area (Å²) in [5, 5.41) is 10.8. The van der Waals surface area contributed by atoms with E-state index in [-0.39, 0.29) is 11.9 Å². The molecule has 0 saturated carbocycles. The van der Waals surface area contributed by atoms with E-state index in [0.717, 1.165) is 0 Å². The summed E-state index contributed by atoms with van der Waals surface area (Å²) in [6, 6.07) is 3.01. The number of carbonyl (C=O) groups is 1. The standard InChI is InChI=1S/C14H19N5O3/c1-10(13-18-16-9-19(13)6-7-21-2)17-14(20)11-4-5-12(22-3)15-8-11/h4-5,8-10H,6-7H2,1-3H3,(H,17,20)/t10-/m0/s1. The molecule has 8 heteroatoms. The number of aromatic nitrogens is 4. The molecule has 1 amide bonds. The van der Waals surface area contributed by atoms with Crippen LogP contribution >= 0.6 is 0 Å². The molecule has 0 aromatic carbocycles. The Morgan fingerprint density at radius 3 is 2.86 bits per heavy atom. The zero-order chi connectivity index (χ0) is 15.9. The van der Waals surface area contributed by atoms with Crippen molar-refractivity contribution in [3.63, 3.8) is 0 Å². The van der Waals surface area contributed by atoms with E-state index in [9.17, 15) is 4.79 Å². The molecule has 2 heterocycles. The van der Waals surface area contributed by atoms with Crippen molar-refractivity contribution in [3.05, 3.63) is 36.0 Å². The Labute approximate surface area is 128 Å². The largest absolute Gasteiger partial charge is 0.481 e. The number of nitrogens with one attached hydrogen (secondary N) is 1. The van der Waals surface area contributed by atoms with Gasteiger partial charge < -0.3 is 19.4 Å². The summed E-state index contributed by atoms with van der Waals surface area (Å²) in [5.74, 6) is 0.903. The number of methoxy groups -OCH3 is 2. The van der Waals surface area contributed by atoms with Gasteiger partial charge in [-0.2, -0.15) is 0 Å². The highest BCUT2D eigenvalue weighted by molar-refractivity contribution is 5.94. The first-order valence-electron chi connectivity index (χ1n) is 6.83. The fourth-order valence-electron chi connectivity index (χ4n) is 1.94. The number of ether oxygens (including phenoxy) is 2. The number of rotatable bonds is 7. The normalized spacial score (nSPS) is 12.0. The number of pyridine rings is 1. The molecule has 118 valence electrons. The Morgan fingerprint density at radius 1 is 1.41 bits per heavy atom. The van der Waals surface area contributed by atoms with Gasteiger partial charge in [0, 0.05) is 25.9 Å². The van der Waals surface area contributed by atoms with Crippen LogP contribution in [0.25, 0.3) is 0 Å². The number of carbonyl (C=O) groups excluding carboxylic acids is 1. The lowest BCUT2D eigenvalue weighted by Gasteiger charge is -2.14. The molecule has 8 nitrogen and oxygen atoms in total. The van der Waals surface area contributed by atoms with Crippen molar-refractivity contribution >= 4 is 5.91 Å². The van der Waals surface area contributed by atoms with Gasteiger partial charge in [-0.15, -0.1) is 10.2 Å². The second-order valence-electron chi connectivity index (χ2n) is 4.66. The van der Waals surface area contributed by atoms with Crippen LogP contribution < -0.4 is 10.1 Å². The Kier molecular flexibility index (Phi) is 5.42. The first-order valence-corrected chi connectivity index (χ1v) is 6.83. The van der Waals surface area contributed by atoms with Gasteiger partial charge in [-0.25, -0.2) is 4.98 Å². The third-order valence-corrected chi connectivity index (χ3v) is 3.12. The zero-order valence-electron chi connectivity index (χ0n) is 12.8. The number of nitrogens with zero attached hydrogens (tertiary/aromatic N) is 4. The number of hydrogen-bond donors (Lipinski definition) is 1. The van der Waals surface area contributed by atoms with E-state index in [4.69, 9.17) is 9.47 Å². The zero-order valence-corrected chi connectivity index (χ0v) is 12.8. The molecule has 0 aliphatic rings. The SMILES string of the molecule is COCCn1cnnc1[C@H](C)NC(=O)c1ccc(OC)nc1. The highest BCUT2D eigenvalue weighted by atomic mass is 16.5. The molecule has 2 aromatic heterocycles. The van der Waals surface area contributed by atoms with Crippen molar-refractivity contribution < 1.29 is 14.3 Å². The van der Waals surface area contributed by atoms with E-state index in [1.807, 2.05) is 11.5 Å². The maximum atomic E-state index is 12.2. The van der Waals surface area contributed by atoms with Crippen molar-refractivity contribution in [1.82, 2.24) is 25.1 Å². The van der Waals surface area contributed by atoms with Gasteiger partial charge >= 0.3 is 0 Å². The number of hydrogen-bond acceptors (Lipinski definition) is 6. The molecule has 1 N–H and O–H groups in total. The quantitative estimate of drug-likeness (QED) is 0.814. The van der Waals surface area contributed by atoms with Crippen LogP contribution in [0.15, 0.2) is 24.7 Å². The van der Waals surface area contributed by atoms with E-state index < -0.39 is 0 Å². The first kappa shape index (κ1) is 15.9. The predicted molar refractivity (Wildman–Crippen MR) is 78.6 cm³/mol. The highest BCUT2D eigenvalue weighted by Crippen LogP contribution is 2.11. The first-order chi connectivity index (χ1) is 10.7. The van der Waals surface area contributed by atoms with E-state index in [0.29, 0.717) is 30.4 Å². The summed E-state index contributed by atoms with van der Waals surface area (Å²) >= 11 is 0. The van der Waals surface area contributed by atoms with Crippen LogP contribution in [0, 0.1) is 0 Å². The maximum absolute atomic E-state index is 12.2. The Morgan fingerprint density at radius 2 is 2.23 bits per heavy atom. The predicted octanol–water partition coefficient (Wildman–Crippen LogP) is 0.819. The lowest BCUT2D eigenvalue weighted by Crippen LogP contribution is -2.29. The average Bonchev–Trinajstić information content (AvgIpc) is 3.01. The van der Waals surface area contributed by atoms with Crippen LogP contribution in [0.2, 0.25) is 0 Å². The van der Waals surface area contributed by atoms with Crippen LogP contribution in [-0.4, -0.2) is 46.5 Å². The van der Waals surface area contributed by atoms with Crippen molar-refractivity contribution in [1.29, 1.82) is 0 Å². The van der Waals surface area contributed by atoms with Gasteiger partial charge in [-0.3, -0.25) is 4.79 Å². The molecule has 1 atom stereocenters. The average molecular weight is 305 g/mol. The van der Waals surface area contributed by atoms with Crippen LogP contribution in [0.4, 0.5) is 0 Å². The molecule has 0 bridgehead atoms. The summed E-state index contributed by atoms with van der Waals surface area (Å²) in [6.07, 6.45) is 3.09. The smallest absolute Gasteiger partial charge is 0.253 e. The van der Waals surface area contributed by atoms with Gasteiger partial charge in [0.15, 0.2) is 5.82 Å². The summed E-state index contributed by atoms with van der Waals surface area (Å²) in [7, 11) is 3.16. The van der Waals surface area contributed by atoms with E-state index in [1.165, 1.54) is 13.3 Å². The monoisotopic (exact) mass is 305 g/mol. The fourth-order valence-corrected chi connectivity index (χ4v) is 1.94. The second kappa shape index (κ2) is 7.51. The fraction of sp³-hybridized carbons (Fsp3) is 0.429. The molecule has 0 radical (unpaired) electrons. The minimum Gasteiger partial charge on any atom is -0.481 e. The second-order valence-corrected chi connectivity index (χ2v) is 4.66. The third-order valence-electron chi connectivity index (χ3n) is 3.12. The topological polar surface area (TPSA) is 91.2 Å². The Hall–Kier alpha value is -2.48. The van der Waals surface area contributed by atoms with Crippen LogP contribution in [-0.2, 0) is 11.3 Å². The van der Waals surface area contributed by atoms with Crippen molar-refractivity contribution in [2.75, 3.05) is 20.8 Å². The van der Waals surface area contributed by atoms with Gasteiger partial charge in [0.25, 0.3) is 5.91 Å². The van der Waals surface area contributed by atoms with Gasteiger partial charge in [-0.1, -0.05) is 0 Å². The molecule has 0 spiro atoms. The summed E-state index contributed by atoms with van der Waals surface area (Å²) in [4.78, 5) is 16.2. The van der Waals surface area contributed by atoms with E-state index in [2.05, 4.69) is 20.5 Å². The van der Waals surface area contributed by atoms with Crippen molar-refractivity contribution in [2.24, 2.45) is 0 Å². The summed E-state index contributed by atoms with van der Waals surface area (Å²) in [5.41, 5.74) is 0.454. The van der Waals surface area contributed by atoms with Gasteiger partial charge in [-0.05, 0) is 13.0 Å². The molecule has 2 aromatic rings.